The van der Waals surface area contributed by atoms with E-state index in [0.717, 1.165) is 38.5 Å². The van der Waals surface area contributed by atoms with E-state index in [1.807, 2.05) is 0 Å². The summed E-state index contributed by atoms with van der Waals surface area (Å²) in [6.07, 6.45) is 21.8. The number of ether oxygens (including phenoxy) is 1. The van der Waals surface area contributed by atoms with Gasteiger partial charge < -0.3 is 20.0 Å². The van der Waals surface area contributed by atoms with Crippen molar-refractivity contribution in [2.45, 2.75) is 96.8 Å². The van der Waals surface area contributed by atoms with Crippen LogP contribution in [0.25, 0.3) is 0 Å². The number of benzene rings is 1. The van der Waals surface area contributed by atoms with Crippen molar-refractivity contribution in [3.05, 3.63) is 35.9 Å². The van der Waals surface area contributed by atoms with Crippen LogP contribution in [0.4, 0.5) is 5.69 Å². The van der Waals surface area contributed by atoms with Crippen molar-refractivity contribution in [1.29, 1.82) is 0 Å². The molecular formula is C27H41NO5. The van der Waals surface area contributed by atoms with Gasteiger partial charge in [-0.25, -0.2) is 4.79 Å². The average Bonchev–Trinajstić information content (AvgIpc) is 2.78. The van der Waals surface area contributed by atoms with Gasteiger partial charge >= 0.3 is 11.9 Å². The largest absolute Gasteiger partial charge is 0.478 e. The highest BCUT2D eigenvalue weighted by atomic mass is 16.5. The molecular weight excluding hydrogens is 418 g/mol. The predicted molar refractivity (Wildman–Crippen MR) is 133 cm³/mol. The number of carbonyl (C=O) groups is 3. The molecule has 6 heteroatoms. The average molecular weight is 460 g/mol. The van der Waals surface area contributed by atoms with Crippen LogP contribution in [0.5, 0.6) is 5.75 Å². The Hall–Kier alpha value is -2.63. The number of unbranched alkanes of at least 4 members (excludes halogenated alkanes) is 12. The maximum Gasteiger partial charge on any atom is 0.339 e. The van der Waals surface area contributed by atoms with E-state index in [2.05, 4.69) is 17.5 Å². The third-order valence-electron chi connectivity index (χ3n) is 5.45. The fourth-order valence-electron chi connectivity index (χ4n) is 3.63. The summed E-state index contributed by atoms with van der Waals surface area (Å²) >= 11 is 0. The smallest absolute Gasteiger partial charge is 0.339 e. The molecule has 0 aliphatic heterocycles. The minimum Gasteiger partial charge on any atom is -0.478 e. The standard InChI is InChI=1S/C27H41NO5/c1-23(30)33-26-19-18-24(22-25(26)27(31)32)28-20-16-14-12-10-8-6-4-2-3-5-7-9-11-13-15-17-21-29/h2-3,18-19,21-22,28H,4-17,20H2,1H3,(H,31,32)/b3-2-. The van der Waals surface area contributed by atoms with E-state index in [9.17, 15) is 19.5 Å². The lowest BCUT2D eigenvalue weighted by molar-refractivity contribution is -0.131. The number of esters is 1. The number of carboxylic acids is 1. The Morgan fingerprint density at radius 2 is 1.39 bits per heavy atom. The lowest BCUT2D eigenvalue weighted by Gasteiger charge is -2.10. The molecule has 184 valence electrons. The summed E-state index contributed by atoms with van der Waals surface area (Å²) in [5.74, 6) is -1.59. The maximum atomic E-state index is 11.4. The Bertz CT molecular complexity index is 729. The van der Waals surface area contributed by atoms with Crippen LogP contribution < -0.4 is 10.1 Å². The summed E-state index contributed by atoms with van der Waals surface area (Å²) in [5, 5.41) is 12.5. The topological polar surface area (TPSA) is 92.7 Å². The maximum absolute atomic E-state index is 11.4. The summed E-state index contributed by atoms with van der Waals surface area (Å²) in [7, 11) is 0. The Labute approximate surface area is 198 Å². The van der Waals surface area contributed by atoms with Gasteiger partial charge in [0.2, 0.25) is 0 Å². The molecule has 0 aromatic heterocycles. The second-order valence-corrected chi connectivity index (χ2v) is 8.43. The van der Waals surface area contributed by atoms with E-state index in [1.54, 1.807) is 6.07 Å². The Morgan fingerprint density at radius 3 is 1.94 bits per heavy atom. The zero-order valence-electron chi connectivity index (χ0n) is 20.2. The normalized spacial score (nSPS) is 10.9. The third kappa shape index (κ3) is 14.9. The molecule has 0 aliphatic rings. The number of aromatic carboxylic acids is 1. The number of aldehydes is 1. The lowest BCUT2D eigenvalue weighted by atomic mass is 10.1. The first-order chi connectivity index (χ1) is 16.0. The molecule has 0 radical (unpaired) electrons. The zero-order chi connectivity index (χ0) is 24.2. The summed E-state index contributed by atoms with van der Waals surface area (Å²) in [6, 6.07) is 4.75. The van der Waals surface area contributed by atoms with Gasteiger partial charge in [-0.2, -0.15) is 0 Å². The van der Waals surface area contributed by atoms with E-state index in [1.165, 1.54) is 76.8 Å². The molecule has 1 rings (SSSR count). The number of hydrogen-bond acceptors (Lipinski definition) is 5. The quantitative estimate of drug-likeness (QED) is 0.0721. The molecule has 0 spiro atoms. The first-order valence-corrected chi connectivity index (χ1v) is 12.4. The van der Waals surface area contributed by atoms with Crippen molar-refractivity contribution in [2.24, 2.45) is 0 Å². The van der Waals surface area contributed by atoms with Crippen LogP contribution in [0.2, 0.25) is 0 Å². The molecule has 0 aliphatic carbocycles. The van der Waals surface area contributed by atoms with Crippen LogP contribution in [-0.4, -0.2) is 29.9 Å². The molecule has 6 nitrogen and oxygen atoms in total. The van der Waals surface area contributed by atoms with Gasteiger partial charge in [-0.05, 0) is 56.7 Å². The van der Waals surface area contributed by atoms with Crippen molar-refractivity contribution >= 4 is 23.9 Å². The van der Waals surface area contributed by atoms with Gasteiger partial charge in [0.1, 0.15) is 17.6 Å². The summed E-state index contributed by atoms with van der Waals surface area (Å²) < 4.78 is 4.94. The van der Waals surface area contributed by atoms with Gasteiger partial charge in [0, 0.05) is 25.6 Å². The SMILES string of the molecule is CC(=O)Oc1ccc(NCCCCCCCC/C=C\CCCCCCCC=O)cc1C(=O)O. The highest BCUT2D eigenvalue weighted by Crippen LogP contribution is 2.23. The fourth-order valence-corrected chi connectivity index (χ4v) is 3.63. The Kier molecular flexibility index (Phi) is 16.3. The van der Waals surface area contributed by atoms with Crippen molar-refractivity contribution in [3.63, 3.8) is 0 Å². The summed E-state index contributed by atoms with van der Waals surface area (Å²) in [6.45, 7) is 2.03. The molecule has 0 saturated carbocycles. The van der Waals surface area contributed by atoms with Gasteiger partial charge in [0.05, 0.1) is 0 Å². The van der Waals surface area contributed by atoms with Crippen LogP contribution in [0.1, 0.15) is 107 Å². The van der Waals surface area contributed by atoms with Crippen molar-refractivity contribution in [2.75, 3.05) is 11.9 Å². The van der Waals surface area contributed by atoms with Gasteiger partial charge in [0.15, 0.2) is 0 Å². The van der Waals surface area contributed by atoms with Crippen LogP contribution >= 0.6 is 0 Å². The highest BCUT2D eigenvalue weighted by Gasteiger charge is 2.13. The Balaban J connectivity index is 2.01. The van der Waals surface area contributed by atoms with Crippen molar-refractivity contribution < 1.29 is 24.2 Å². The van der Waals surface area contributed by atoms with E-state index < -0.39 is 11.9 Å². The number of nitrogens with one attached hydrogen (secondary N) is 1. The molecule has 33 heavy (non-hydrogen) atoms. The number of hydrogen-bond donors (Lipinski definition) is 2. The molecule has 0 unspecified atom stereocenters. The van der Waals surface area contributed by atoms with Gasteiger partial charge in [-0.15, -0.1) is 0 Å². The van der Waals surface area contributed by atoms with Crippen LogP contribution in [0.15, 0.2) is 30.4 Å². The lowest BCUT2D eigenvalue weighted by Crippen LogP contribution is -2.09. The molecule has 1 aromatic rings. The fraction of sp³-hybridized carbons (Fsp3) is 0.593. The number of anilines is 1. The molecule has 0 fully saturated rings. The molecule has 1 aromatic carbocycles. The van der Waals surface area contributed by atoms with Gasteiger partial charge in [-0.1, -0.05) is 57.1 Å². The van der Waals surface area contributed by atoms with Crippen molar-refractivity contribution in [1.82, 2.24) is 0 Å². The van der Waals surface area contributed by atoms with E-state index in [4.69, 9.17) is 4.74 Å². The first kappa shape index (κ1) is 28.4. The molecule has 0 saturated heterocycles. The number of allylic oxidation sites excluding steroid dienone is 2. The molecule has 0 atom stereocenters. The molecule has 2 N–H and O–H groups in total. The summed E-state index contributed by atoms with van der Waals surface area (Å²) in [4.78, 5) is 32.7. The van der Waals surface area contributed by atoms with E-state index in [-0.39, 0.29) is 11.3 Å². The molecule has 0 amide bonds. The minimum absolute atomic E-state index is 0.0182. The van der Waals surface area contributed by atoms with E-state index in [0.29, 0.717) is 12.1 Å². The molecule has 0 heterocycles. The monoisotopic (exact) mass is 459 g/mol. The van der Waals surface area contributed by atoms with Gasteiger partial charge in [0.25, 0.3) is 0 Å². The number of carbonyl (C=O) groups excluding carboxylic acids is 2. The van der Waals surface area contributed by atoms with Crippen LogP contribution in [0, 0.1) is 0 Å². The number of carboxylic acid groups (broad SMARTS) is 1. The number of rotatable bonds is 20. The predicted octanol–water partition coefficient (Wildman–Crippen LogP) is 6.94. The second-order valence-electron chi connectivity index (χ2n) is 8.43. The van der Waals surface area contributed by atoms with E-state index >= 15 is 0 Å². The zero-order valence-corrected chi connectivity index (χ0v) is 20.2. The third-order valence-corrected chi connectivity index (χ3v) is 5.45. The van der Waals surface area contributed by atoms with Gasteiger partial charge in [-0.3, -0.25) is 4.79 Å². The Morgan fingerprint density at radius 1 is 0.848 bits per heavy atom. The summed E-state index contributed by atoms with van der Waals surface area (Å²) in [5.41, 5.74) is 0.698. The highest BCUT2D eigenvalue weighted by molar-refractivity contribution is 5.93. The van der Waals surface area contributed by atoms with Crippen molar-refractivity contribution in [3.8, 4) is 5.75 Å². The second kappa shape index (κ2) is 18.9. The molecule has 0 bridgehead atoms. The van der Waals surface area contributed by atoms with Crippen LogP contribution in [-0.2, 0) is 9.59 Å². The first-order valence-electron chi connectivity index (χ1n) is 12.4. The van der Waals surface area contributed by atoms with Crippen LogP contribution in [0.3, 0.4) is 0 Å². The minimum atomic E-state index is -1.12.